The molecule has 0 bridgehead atoms. The molecule has 0 unspecified atom stereocenters. The van der Waals surface area contributed by atoms with Crippen LogP contribution in [0.5, 0.6) is 5.75 Å². The summed E-state index contributed by atoms with van der Waals surface area (Å²) in [6, 6.07) is 6.22. The summed E-state index contributed by atoms with van der Waals surface area (Å²) < 4.78 is 15.6. The smallest absolute Gasteiger partial charge is 0.349 e. The van der Waals surface area contributed by atoms with Crippen LogP contribution in [-0.4, -0.2) is 43.9 Å². The number of carboxylic acids is 1. The maximum Gasteiger partial charge on any atom is 0.349 e. The van der Waals surface area contributed by atoms with E-state index in [2.05, 4.69) is 5.32 Å². The molecular formula is C19H23NO7. The summed E-state index contributed by atoms with van der Waals surface area (Å²) in [4.78, 5) is 35.4. The van der Waals surface area contributed by atoms with Crippen LogP contribution >= 0.6 is 0 Å². The van der Waals surface area contributed by atoms with Crippen molar-refractivity contribution in [2.75, 3.05) is 26.9 Å². The SMILES string of the molecule is COCCCNC(=O)c1cc2ccc(OCC(C)(C)C(=O)O)cc2oc1=O. The van der Waals surface area contributed by atoms with Crippen molar-refractivity contribution in [3.8, 4) is 5.75 Å². The van der Waals surface area contributed by atoms with Gasteiger partial charge in [0.2, 0.25) is 0 Å². The number of nitrogens with one attached hydrogen (secondary N) is 1. The van der Waals surface area contributed by atoms with Crippen LogP contribution in [0, 0.1) is 5.41 Å². The average molecular weight is 377 g/mol. The fourth-order valence-electron chi connectivity index (χ4n) is 2.18. The zero-order valence-electron chi connectivity index (χ0n) is 15.5. The predicted molar refractivity (Wildman–Crippen MR) is 98.2 cm³/mol. The monoisotopic (exact) mass is 377 g/mol. The topological polar surface area (TPSA) is 115 Å². The number of hydrogen-bond acceptors (Lipinski definition) is 6. The fraction of sp³-hybridized carbons (Fsp3) is 0.421. The highest BCUT2D eigenvalue weighted by atomic mass is 16.5. The maximum atomic E-state index is 12.1. The molecule has 0 atom stereocenters. The van der Waals surface area contributed by atoms with Crippen LogP contribution in [0.15, 0.2) is 33.5 Å². The van der Waals surface area contributed by atoms with Crippen molar-refractivity contribution in [1.82, 2.24) is 5.32 Å². The lowest BCUT2D eigenvalue weighted by Gasteiger charge is -2.19. The maximum absolute atomic E-state index is 12.1. The third-order valence-electron chi connectivity index (χ3n) is 3.94. The molecule has 2 N–H and O–H groups in total. The van der Waals surface area contributed by atoms with Crippen molar-refractivity contribution >= 4 is 22.8 Å². The van der Waals surface area contributed by atoms with Crippen LogP contribution in [0.3, 0.4) is 0 Å². The second-order valence-corrected chi connectivity index (χ2v) is 6.73. The van der Waals surface area contributed by atoms with Crippen LogP contribution in [0.2, 0.25) is 0 Å². The molecule has 0 saturated carbocycles. The third kappa shape index (κ3) is 5.30. The molecule has 27 heavy (non-hydrogen) atoms. The van der Waals surface area contributed by atoms with Crippen LogP contribution < -0.4 is 15.7 Å². The lowest BCUT2D eigenvalue weighted by Crippen LogP contribution is -2.30. The van der Waals surface area contributed by atoms with Crippen LogP contribution in [0.4, 0.5) is 0 Å². The first-order valence-corrected chi connectivity index (χ1v) is 8.46. The Labute approximate surface area is 156 Å². The minimum absolute atomic E-state index is 0.0416. The van der Waals surface area contributed by atoms with Gasteiger partial charge in [-0.1, -0.05) is 0 Å². The Hall–Kier alpha value is -2.87. The molecule has 0 radical (unpaired) electrons. The van der Waals surface area contributed by atoms with Gasteiger partial charge in [0.15, 0.2) is 0 Å². The number of ether oxygens (including phenoxy) is 2. The number of hydrogen-bond donors (Lipinski definition) is 2. The largest absolute Gasteiger partial charge is 0.492 e. The van der Waals surface area contributed by atoms with Crippen molar-refractivity contribution in [3.63, 3.8) is 0 Å². The Morgan fingerprint density at radius 2 is 2.00 bits per heavy atom. The van der Waals surface area contributed by atoms with E-state index >= 15 is 0 Å². The minimum Gasteiger partial charge on any atom is -0.492 e. The molecule has 1 heterocycles. The molecule has 0 aliphatic heterocycles. The molecule has 0 spiro atoms. The summed E-state index contributed by atoms with van der Waals surface area (Å²) in [5.41, 5.74) is -1.64. The Kier molecular flexibility index (Phi) is 6.57. The number of fused-ring (bicyclic) bond motifs is 1. The molecule has 0 saturated heterocycles. The van der Waals surface area contributed by atoms with E-state index in [1.54, 1.807) is 33.1 Å². The highest BCUT2D eigenvalue weighted by Gasteiger charge is 2.28. The molecule has 1 amide bonds. The molecule has 146 valence electrons. The van der Waals surface area contributed by atoms with E-state index in [1.165, 1.54) is 12.1 Å². The molecule has 8 heteroatoms. The van der Waals surface area contributed by atoms with Gasteiger partial charge in [-0.2, -0.15) is 0 Å². The number of rotatable bonds is 9. The predicted octanol–water partition coefficient (Wildman–Crippen LogP) is 2.05. The Balaban J connectivity index is 2.15. The number of carbonyl (C=O) groups is 2. The molecule has 2 rings (SSSR count). The minimum atomic E-state index is -1.06. The van der Waals surface area contributed by atoms with Gasteiger partial charge in [-0.05, 0) is 38.5 Å². The number of methoxy groups -OCH3 is 1. The molecular weight excluding hydrogens is 354 g/mol. The van der Waals surface area contributed by atoms with E-state index in [0.29, 0.717) is 30.7 Å². The second kappa shape index (κ2) is 8.68. The highest BCUT2D eigenvalue weighted by Crippen LogP contribution is 2.23. The van der Waals surface area contributed by atoms with E-state index in [4.69, 9.17) is 19.0 Å². The lowest BCUT2D eigenvalue weighted by molar-refractivity contribution is -0.148. The summed E-state index contributed by atoms with van der Waals surface area (Å²) in [5, 5.41) is 12.3. The normalized spacial score (nSPS) is 11.4. The lowest BCUT2D eigenvalue weighted by atomic mass is 9.95. The zero-order chi connectivity index (χ0) is 20.0. The highest BCUT2D eigenvalue weighted by molar-refractivity contribution is 5.96. The first-order valence-electron chi connectivity index (χ1n) is 8.46. The van der Waals surface area contributed by atoms with E-state index in [0.717, 1.165) is 0 Å². The van der Waals surface area contributed by atoms with E-state index in [9.17, 15) is 14.4 Å². The van der Waals surface area contributed by atoms with Crippen molar-refractivity contribution in [3.05, 3.63) is 40.2 Å². The summed E-state index contributed by atoms with van der Waals surface area (Å²) in [5.74, 6) is -1.11. The van der Waals surface area contributed by atoms with Crippen LogP contribution in [0.1, 0.15) is 30.6 Å². The molecule has 1 aromatic heterocycles. The first-order chi connectivity index (χ1) is 12.7. The van der Waals surface area contributed by atoms with Gasteiger partial charge in [0, 0.05) is 31.7 Å². The van der Waals surface area contributed by atoms with Gasteiger partial charge in [-0.25, -0.2) is 4.79 Å². The Morgan fingerprint density at radius 1 is 1.26 bits per heavy atom. The number of aliphatic carboxylic acids is 1. The van der Waals surface area contributed by atoms with Gasteiger partial charge in [-0.3, -0.25) is 9.59 Å². The molecule has 0 fully saturated rings. The standard InChI is InChI=1S/C19H23NO7/c1-19(2,18(23)24)11-26-13-6-5-12-9-14(17(22)27-15(12)10-13)16(21)20-7-4-8-25-3/h5-6,9-10H,4,7-8,11H2,1-3H3,(H,20,21)(H,23,24). The summed E-state index contributed by atoms with van der Waals surface area (Å²) >= 11 is 0. The second-order valence-electron chi connectivity index (χ2n) is 6.73. The first kappa shape index (κ1) is 20.4. The number of carbonyl (C=O) groups excluding carboxylic acids is 1. The van der Waals surface area contributed by atoms with Gasteiger partial charge in [0.05, 0.1) is 5.41 Å². The van der Waals surface area contributed by atoms with Crippen molar-refractivity contribution < 1.29 is 28.6 Å². The van der Waals surface area contributed by atoms with Gasteiger partial charge in [0.1, 0.15) is 23.5 Å². The molecule has 1 aromatic carbocycles. The summed E-state index contributed by atoms with van der Waals surface area (Å²) in [7, 11) is 1.57. The number of amides is 1. The van der Waals surface area contributed by atoms with Crippen LogP contribution in [-0.2, 0) is 9.53 Å². The van der Waals surface area contributed by atoms with Gasteiger partial charge in [-0.15, -0.1) is 0 Å². The Morgan fingerprint density at radius 3 is 2.67 bits per heavy atom. The molecule has 0 aliphatic rings. The van der Waals surface area contributed by atoms with Gasteiger partial charge in [0.25, 0.3) is 5.91 Å². The van der Waals surface area contributed by atoms with E-state index in [1.807, 2.05) is 0 Å². The molecule has 8 nitrogen and oxygen atoms in total. The van der Waals surface area contributed by atoms with Gasteiger partial charge >= 0.3 is 11.6 Å². The summed E-state index contributed by atoms with van der Waals surface area (Å²) in [6.07, 6.45) is 0.633. The quantitative estimate of drug-likeness (QED) is 0.507. The summed E-state index contributed by atoms with van der Waals surface area (Å²) in [6.45, 7) is 3.95. The zero-order valence-corrected chi connectivity index (χ0v) is 15.5. The van der Waals surface area contributed by atoms with Crippen molar-refractivity contribution in [2.45, 2.75) is 20.3 Å². The van der Waals surface area contributed by atoms with E-state index in [-0.39, 0.29) is 17.8 Å². The Bertz CT molecular complexity index is 885. The molecule has 2 aromatic rings. The number of benzene rings is 1. The van der Waals surface area contributed by atoms with Crippen molar-refractivity contribution in [1.29, 1.82) is 0 Å². The van der Waals surface area contributed by atoms with Crippen molar-refractivity contribution in [2.24, 2.45) is 5.41 Å². The third-order valence-corrected chi connectivity index (χ3v) is 3.94. The van der Waals surface area contributed by atoms with Gasteiger partial charge < -0.3 is 24.3 Å². The average Bonchev–Trinajstić information content (AvgIpc) is 2.62. The molecule has 0 aliphatic carbocycles. The fourth-order valence-corrected chi connectivity index (χ4v) is 2.18. The van der Waals surface area contributed by atoms with Crippen LogP contribution in [0.25, 0.3) is 11.0 Å². The number of carboxylic acid groups (broad SMARTS) is 1. The van der Waals surface area contributed by atoms with E-state index < -0.39 is 22.9 Å².